The van der Waals surface area contributed by atoms with Crippen LogP contribution in [-0.2, 0) is 0 Å². The van der Waals surface area contributed by atoms with Gasteiger partial charge in [-0.15, -0.1) is 0 Å². The van der Waals surface area contributed by atoms with Crippen LogP contribution in [0, 0.1) is 6.92 Å². The molecule has 114 valence electrons. The molecule has 0 aliphatic carbocycles. The summed E-state index contributed by atoms with van der Waals surface area (Å²) in [6.07, 6.45) is 0. The summed E-state index contributed by atoms with van der Waals surface area (Å²) < 4.78 is 0. The van der Waals surface area contributed by atoms with Crippen LogP contribution in [0.5, 0.6) is 5.75 Å². The Hall–Kier alpha value is -2.49. The average Bonchev–Trinajstić information content (AvgIpc) is 2.91. The third kappa shape index (κ3) is 3.06. The first-order valence-corrected chi connectivity index (χ1v) is 7.55. The molecule has 22 heavy (non-hydrogen) atoms. The number of aliphatic imine (C=N–C) groups is 1. The van der Waals surface area contributed by atoms with Crippen molar-refractivity contribution in [2.75, 3.05) is 18.0 Å². The number of benzene rings is 2. The number of para-hydroxylation sites is 2. The fourth-order valence-corrected chi connectivity index (χ4v) is 2.67. The quantitative estimate of drug-likeness (QED) is 0.910. The van der Waals surface area contributed by atoms with Gasteiger partial charge >= 0.3 is 0 Å². The van der Waals surface area contributed by atoms with Gasteiger partial charge in [0, 0.05) is 11.7 Å². The van der Waals surface area contributed by atoms with E-state index in [4.69, 9.17) is 0 Å². The van der Waals surface area contributed by atoms with Crippen LogP contribution < -0.4 is 10.2 Å². The fraction of sp³-hybridized carbons (Fsp3) is 0.278. The number of nitrogens with one attached hydrogen (secondary N) is 1. The summed E-state index contributed by atoms with van der Waals surface area (Å²) in [6.45, 7) is 5.61. The predicted molar refractivity (Wildman–Crippen MR) is 91.2 cm³/mol. The number of anilines is 2. The topological polar surface area (TPSA) is 47.9 Å². The van der Waals surface area contributed by atoms with E-state index < -0.39 is 0 Å². The molecule has 4 heteroatoms. The van der Waals surface area contributed by atoms with Gasteiger partial charge in [0.25, 0.3) is 0 Å². The number of hydrogen-bond acceptors (Lipinski definition) is 4. The maximum atomic E-state index is 10.2. The lowest BCUT2D eigenvalue weighted by molar-refractivity contribution is 0.476. The van der Waals surface area contributed by atoms with Gasteiger partial charge in [-0.25, -0.2) is 0 Å². The monoisotopic (exact) mass is 295 g/mol. The molecule has 1 heterocycles. The highest BCUT2D eigenvalue weighted by Crippen LogP contribution is 2.33. The van der Waals surface area contributed by atoms with E-state index in [0.29, 0.717) is 12.6 Å². The Balaban J connectivity index is 1.97. The zero-order valence-electron chi connectivity index (χ0n) is 13.0. The van der Waals surface area contributed by atoms with Crippen LogP contribution in [0.4, 0.5) is 11.4 Å². The van der Waals surface area contributed by atoms with Crippen LogP contribution >= 0.6 is 0 Å². The van der Waals surface area contributed by atoms with Crippen LogP contribution in [0.3, 0.4) is 0 Å². The van der Waals surface area contributed by atoms with Gasteiger partial charge in [0.1, 0.15) is 11.6 Å². The molecular formula is C18H21N3O. The zero-order valence-corrected chi connectivity index (χ0v) is 13.0. The summed E-state index contributed by atoms with van der Waals surface area (Å²) in [7, 11) is 0. The number of phenolic OH excluding ortho intramolecular Hbond substituents is 1. The van der Waals surface area contributed by atoms with Gasteiger partial charge in [-0.1, -0.05) is 24.3 Å². The molecule has 0 bridgehead atoms. The van der Waals surface area contributed by atoms with E-state index in [1.165, 1.54) is 5.56 Å². The smallest absolute Gasteiger partial charge is 0.139 e. The lowest BCUT2D eigenvalue weighted by Crippen LogP contribution is -2.35. The van der Waals surface area contributed by atoms with Crippen molar-refractivity contribution in [2.24, 2.45) is 4.99 Å². The molecule has 4 nitrogen and oxygen atoms in total. The van der Waals surface area contributed by atoms with Crippen LogP contribution in [-0.4, -0.2) is 30.1 Å². The summed E-state index contributed by atoms with van der Waals surface area (Å²) in [5.74, 6) is 1.23. The van der Waals surface area contributed by atoms with Gasteiger partial charge < -0.3 is 15.3 Å². The summed E-state index contributed by atoms with van der Waals surface area (Å²) >= 11 is 0. The molecule has 1 unspecified atom stereocenters. The summed E-state index contributed by atoms with van der Waals surface area (Å²) in [4.78, 5) is 6.63. The Morgan fingerprint density at radius 3 is 2.73 bits per heavy atom. The molecule has 0 fully saturated rings. The van der Waals surface area contributed by atoms with Crippen molar-refractivity contribution in [1.29, 1.82) is 0 Å². The average molecular weight is 295 g/mol. The molecule has 1 aliphatic rings. The standard InChI is InChI=1S/C18H21N3O/c1-13-6-5-7-15(10-13)21(12-18-19-11-14(2)20-18)16-8-3-4-9-17(16)22/h3-10,14,22H,11-12H2,1-2H3,(H,19,20). The first kappa shape index (κ1) is 14.4. The van der Waals surface area contributed by atoms with Gasteiger partial charge in [-0.2, -0.15) is 0 Å². The number of aryl methyl sites for hydroxylation is 1. The first-order chi connectivity index (χ1) is 10.6. The van der Waals surface area contributed by atoms with E-state index in [1.54, 1.807) is 6.07 Å². The number of nitrogens with zero attached hydrogens (tertiary/aromatic N) is 2. The Labute approximate surface area is 131 Å². The number of phenols is 1. The highest BCUT2D eigenvalue weighted by Gasteiger charge is 2.19. The van der Waals surface area contributed by atoms with Crippen molar-refractivity contribution < 1.29 is 5.11 Å². The van der Waals surface area contributed by atoms with E-state index in [2.05, 4.69) is 47.3 Å². The van der Waals surface area contributed by atoms with Gasteiger partial charge in [0.05, 0.1) is 18.8 Å². The third-order valence-corrected chi connectivity index (χ3v) is 3.76. The van der Waals surface area contributed by atoms with Gasteiger partial charge in [0.15, 0.2) is 0 Å². The van der Waals surface area contributed by atoms with Crippen molar-refractivity contribution in [3.05, 3.63) is 54.1 Å². The lowest BCUT2D eigenvalue weighted by Gasteiger charge is -2.26. The van der Waals surface area contributed by atoms with Crippen LogP contribution in [0.25, 0.3) is 0 Å². The van der Waals surface area contributed by atoms with E-state index in [-0.39, 0.29) is 5.75 Å². The second kappa shape index (κ2) is 6.10. The Morgan fingerprint density at radius 2 is 2.05 bits per heavy atom. The minimum Gasteiger partial charge on any atom is -0.506 e. The van der Waals surface area contributed by atoms with Crippen molar-refractivity contribution in [2.45, 2.75) is 19.9 Å². The maximum Gasteiger partial charge on any atom is 0.139 e. The van der Waals surface area contributed by atoms with Crippen LogP contribution in [0.2, 0.25) is 0 Å². The molecular weight excluding hydrogens is 274 g/mol. The molecule has 0 saturated carbocycles. The zero-order chi connectivity index (χ0) is 15.5. The molecule has 3 rings (SSSR count). The molecule has 1 atom stereocenters. The van der Waals surface area contributed by atoms with Crippen LogP contribution in [0.1, 0.15) is 12.5 Å². The molecule has 0 aromatic heterocycles. The molecule has 2 N–H and O–H groups in total. The minimum absolute atomic E-state index is 0.274. The Kier molecular flexibility index (Phi) is 4.00. The largest absolute Gasteiger partial charge is 0.506 e. The van der Waals surface area contributed by atoms with E-state index in [9.17, 15) is 5.11 Å². The second-order valence-electron chi connectivity index (χ2n) is 5.75. The van der Waals surface area contributed by atoms with E-state index in [0.717, 1.165) is 23.8 Å². The maximum absolute atomic E-state index is 10.2. The second-order valence-corrected chi connectivity index (χ2v) is 5.75. The molecule has 2 aromatic carbocycles. The normalized spacial score (nSPS) is 17.0. The van der Waals surface area contributed by atoms with Crippen LogP contribution in [0.15, 0.2) is 53.5 Å². The van der Waals surface area contributed by atoms with Crippen molar-refractivity contribution >= 4 is 17.2 Å². The summed E-state index contributed by atoms with van der Waals surface area (Å²) in [6, 6.07) is 16.1. The van der Waals surface area contributed by atoms with Gasteiger partial charge in [-0.05, 0) is 43.7 Å². The van der Waals surface area contributed by atoms with E-state index >= 15 is 0 Å². The Morgan fingerprint density at radius 1 is 1.23 bits per heavy atom. The Bertz CT molecular complexity index is 696. The molecule has 0 radical (unpaired) electrons. The number of aromatic hydroxyl groups is 1. The third-order valence-electron chi connectivity index (χ3n) is 3.76. The lowest BCUT2D eigenvalue weighted by atomic mass is 10.1. The molecule has 0 amide bonds. The molecule has 2 aromatic rings. The summed E-state index contributed by atoms with van der Waals surface area (Å²) in [5, 5.41) is 13.6. The van der Waals surface area contributed by atoms with E-state index in [1.807, 2.05) is 24.3 Å². The van der Waals surface area contributed by atoms with Crippen molar-refractivity contribution in [1.82, 2.24) is 5.32 Å². The molecule has 1 aliphatic heterocycles. The number of rotatable bonds is 4. The SMILES string of the molecule is Cc1cccc(N(CC2=NCC(C)N2)c2ccccc2O)c1. The van der Waals surface area contributed by atoms with Gasteiger partial charge in [-0.3, -0.25) is 4.99 Å². The fourth-order valence-electron chi connectivity index (χ4n) is 2.67. The van der Waals surface area contributed by atoms with Gasteiger partial charge in [0.2, 0.25) is 0 Å². The number of amidine groups is 1. The number of hydrogen-bond donors (Lipinski definition) is 2. The summed E-state index contributed by atoms with van der Waals surface area (Å²) in [5.41, 5.74) is 3.02. The van der Waals surface area contributed by atoms with Crippen molar-refractivity contribution in [3.63, 3.8) is 0 Å². The minimum atomic E-state index is 0.274. The highest BCUT2D eigenvalue weighted by atomic mass is 16.3. The highest BCUT2D eigenvalue weighted by molar-refractivity contribution is 5.91. The predicted octanol–water partition coefficient (Wildman–Crippen LogP) is 3.23. The molecule has 0 saturated heterocycles. The van der Waals surface area contributed by atoms with Crippen molar-refractivity contribution in [3.8, 4) is 5.75 Å². The first-order valence-electron chi connectivity index (χ1n) is 7.55. The molecule has 0 spiro atoms.